The molecular weight excluding hydrogens is 370 g/mol. The Balaban J connectivity index is 1.54. The molecule has 1 amide bonds. The molecule has 1 N–H and O–H groups in total. The third kappa shape index (κ3) is 2.89. The Labute approximate surface area is 167 Å². The maximum absolute atomic E-state index is 13.2. The van der Waals surface area contributed by atoms with Crippen molar-refractivity contribution in [3.8, 4) is 6.07 Å². The van der Waals surface area contributed by atoms with Crippen LogP contribution < -0.4 is 5.32 Å². The lowest BCUT2D eigenvalue weighted by molar-refractivity contribution is 0.102. The van der Waals surface area contributed by atoms with E-state index in [9.17, 15) is 10.1 Å². The highest BCUT2D eigenvalue weighted by molar-refractivity contribution is 7.16. The van der Waals surface area contributed by atoms with Gasteiger partial charge in [-0.1, -0.05) is 6.42 Å². The number of carbonyl (C=O) groups is 1. The van der Waals surface area contributed by atoms with Crippen LogP contribution in [0.15, 0.2) is 12.3 Å². The molecule has 0 aromatic carbocycles. The van der Waals surface area contributed by atoms with E-state index in [4.69, 9.17) is 4.98 Å². The Bertz CT molecular complexity index is 1130. The molecule has 0 aliphatic heterocycles. The van der Waals surface area contributed by atoms with Gasteiger partial charge in [-0.05, 0) is 50.2 Å². The summed E-state index contributed by atoms with van der Waals surface area (Å²) in [5.41, 5.74) is 4.07. The lowest BCUT2D eigenvalue weighted by Gasteiger charge is -2.08. The second kappa shape index (κ2) is 6.71. The predicted octanol–water partition coefficient (Wildman–Crippen LogP) is 4.30. The monoisotopic (exact) mass is 391 g/mol. The summed E-state index contributed by atoms with van der Waals surface area (Å²) in [6.07, 6.45) is 9.32. The van der Waals surface area contributed by atoms with Gasteiger partial charge in [0.1, 0.15) is 11.1 Å². The van der Waals surface area contributed by atoms with Gasteiger partial charge in [-0.3, -0.25) is 9.48 Å². The van der Waals surface area contributed by atoms with Crippen LogP contribution in [0, 0.1) is 11.3 Å². The third-order valence-corrected chi connectivity index (χ3v) is 6.93. The van der Waals surface area contributed by atoms with Gasteiger partial charge in [-0.2, -0.15) is 10.4 Å². The number of aryl methyl sites for hydroxylation is 2. The average Bonchev–Trinajstić information content (AvgIpc) is 3.45. The minimum absolute atomic E-state index is 0.185. The van der Waals surface area contributed by atoms with Crippen molar-refractivity contribution in [1.29, 1.82) is 5.26 Å². The molecule has 5 rings (SSSR count). The first-order valence-electron chi connectivity index (χ1n) is 9.84. The standard InChI is InChI=1S/C21H21N5OS/c1-26-19-16(11-23-26)14(9-17(24-19)12-7-8-12)20(27)25-21-15(10-22)13-5-3-2-4-6-18(13)28-21/h9,11-12H,2-8H2,1H3,(H,25,27). The molecule has 0 atom stereocenters. The first-order chi connectivity index (χ1) is 13.7. The molecule has 142 valence electrons. The number of amides is 1. The van der Waals surface area contributed by atoms with Crippen molar-refractivity contribution in [2.75, 3.05) is 5.32 Å². The second-order valence-electron chi connectivity index (χ2n) is 7.71. The van der Waals surface area contributed by atoms with Crippen molar-refractivity contribution in [2.45, 2.75) is 50.9 Å². The molecule has 0 radical (unpaired) electrons. The Kier molecular flexibility index (Phi) is 4.17. The van der Waals surface area contributed by atoms with Gasteiger partial charge in [-0.15, -0.1) is 11.3 Å². The summed E-state index contributed by atoms with van der Waals surface area (Å²) in [6, 6.07) is 4.24. The molecule has 1 fully saturated rings. The van der Waals surface area contributed by atoms with E-state index in [1.54, 1.807) is 22.2 Å². The van der Waals surface area contributed by atoms with Crippen molar-refractivity contribution in [1.82, 2.24) is 14.8 Å². The fourth-order valence-corrected chi connectivity index (χ4v) is 5.26. The van der Waals surface area contributed by atoms with E-state index in [0.717, 1.165) is 60.8 Å². The van der Waals surface area contributed by atoms with Gasteiger partial charge in [0.25, 0.3) is 5.91 Å². The van der Waals surface area contributed by atoms with E-state index >= 15 is 0 Å². The van der Waals surface area contributed by atoms with Crippen LogP contribution in [0.25, 0.3) is 11.0 Å². The van der Waals surface area contributed by atoms with Gasteiger partial charge in [0.2, 0.25) is 0 Å². The molecule has 6 nitrogen and oxygen atoms in total. The summed E-state index contributed by atoms with van der Waals surface area (Å²) in [6.45, 7) is 0. The van der Waals surface area contributed by atoms with Gasteiger partial charge < -0.3 is 5.32 Å². The van der Waals surface area contributed by atoms with Crippen molar-refractivity contribution in [3.05, 3.63) is 39.5 Å². The fraction of sp³-hybridized carbons (Fsp3) is 0.429. The number of pyridine rings is 1. The first-order valence-corrected chi connectivity index (χ1v) is 10.7. The van der Waals surface area contributed by atoms with Crippen LogP contribution in [-0.4, -0.2) is 20.7 Å². The quantitative estimate of drug-likeness (QED) is 0.675. The SMILES string of the molecule is Cn1ncc2c(C(=O)Nc3sc4c(c3C#N)CCCCC4)cc(C3CC3)nc21. The number of nitrogens with one attached hydrogen (secondary N) is 1. The Morgan fingerprint density at radius 1 is 1.32 bits per heavy atom. The van der Waals surface area contributed by atoms with Gasteiger partial charge in [0.05, 0.1) is 22.7 Å². The van der Waals surface area contributed by atoms with Crippen LogP contribution in [0.3, 0.4) is 0 Å². The Hall–Kier alpha value is -2.72. The Morgan fingerprint density at radius 2 is 2.14 bits per heavy atom. The van der Waals surface area contributed by atoms with E-state index < -0.39 is 0 Å². The van der Waals surface area contributed by atoms with Gasteiger partial charge >= 0.3 is 0 Å². The highest BCUT2D eigenvalue weighted by Gasteiger charge is 2.28. The van der Waals surface area contributed by atoms with Crippen LogP contribution in [0.4, 0.5) is 5.00 Å². The lowest BCUT2D eigenvalue weighted by Crippen LogP contribution is -2.13. The van der Waals surface area contributed by atoms with Crippen molar-refractivity contribution < 1.29 is 4.79 Å². The summed E-state index contributed by atoms with van der Waals surface area (Å²) >= 11 is 1.57. The van der Waals surface area contributed by atoms with E-state index in [0.29, 0.717) is 22.0 Å². The molecule has 3 aromatic rings. The molecule has 0 saturated heterocycles. The minimum atomic E-state index is -0.185. The molecule has 0 bridgehead atoms. The van der Waals surface area contributed by atoms with Gasteiger partial charge in [0.15, 0.2) is 5.65 Å². The Morgan fingerprint density at radius 3 is 2.93 bits per heavy atom. The zero-order valence-electron chi connectivity index (χ0n) is 15.8. The summed E-state index contributed by atoms with van der Waals surface area (Å²) in [7, 11) is 1.85. The minimum Gasteiger partial charge on any atom is -0.312 e. The van der Waals surface area contributed by atoms with Crippen molar-refractivity contribution in [2.24, 2.45) is 7.05 Å². The smallest absolute Gasteiger partial charge is 0.257 e. The van der Waals surface area contributed by atoms with Crippen molar-refractivity contribution >= 4 is 33.3 Å². The van der Waals surface area contributed by atoms with E-state index in [1.165, 1.54) is 11.3 Å². The van der Waals surface area contributed by atoms with Crippen molar-refractivity contribution in [3.63, 3.8) is 0 Å². The number of nitriles is 1. The third-order valence-electron chi connectivity index (χ3n) is 5.73. The number of nitrogens with zero attached hydrogens (tertiary/aromatic N) is 4. The van der Waals surface area contributed by atoms with Crippen LogP contribution in [0.5, 0.6) is 0 Å². The molecule has 1 saturated carbocycles. The molecular formula is C21H21N5OS. The molecule has 0 unspecified atom stereocenters. The van der Waals surface area contributed by atoms with E-state index in [-0.39, 0.29) is 5.91 Å². The number of aromatic nitrogens is 3. The summed E-state index contributed by atoms with van der Waals surface area (Å²) in [5, 5.41) is 18.5. The number of carbonyl (C=O) groups excluding carboxylic acids is 1. The molecule has 28 heavy (non-hydrogen) atoms. The normalized spacial score (nSPS) is 16.4. The summed E-state index contributed by atoms with van der Waals surface area (Å²) in [5.74, 6) is 0.258. The maximum atomic E-state index is 13.2. The zero-order chi connectivity index (χ0) is 19.3. The molecule has 0 spiro atoms. The zero-order valence-corrected chi connectivity index (χ0v) is 16.6. The topological polar surface area (TPSA) is 83.6 Å². The second-order valence-corrected chi connectivity index (χ2v) is 8.81. The average molecular weight is 392 g/mol. The van der Waals surface area contributed by atoms with Crippen LogP contribution in [0.1, 0.15) is 70.1 Å². The highest BCUT2D eigenvalue weighted by atomic mass is 32.1. The van der Waals surface area contributed by atoms with Gasteiger partial charge in [0, 0.05) is 23.5 Å². The molecule has 3 aromatic heterocycles. The lowest BCUT2D eigenvalue weighted by atomic mass is 10.1. The van der Waals surface area contributed by atoms with Gasteiger partial charge in [-0.25, -0.2) is 4.98 Å². The summed E-state index contributed by atoms with van der Waals surface area (Å²) < 4.78 is 1.71. The maximum Gasteiger partial charge on any atom is 0.257 e. The highest BCUT2D eigenvalue weighted by Crippen LogP contribution is 2.41. The van der Waals surface area contributed by atoms with Crippen LogP contribution in [0.2, 0.25) is 0 Å². The van der Waals surface area contributed by atoms with Crippen LogP contribution in [-0.2, 0) is 19.9 Å². The summed E-state index contributed by atoms with van der Waals surface area (Å²) in [4.78, 5) is 19.2. The molecule has 3 heterocycles. The molecule has 7 heteroatoms. The number of hydrogen-bond donors (Lipinski definition) is 1. The largest absolute Gasteiger partial charge is 0.312 e. The predicted molar refractivity (Wildman–Crippen MR) is 109 cm³/mol. The number of anilines is 1. The van der Waals surface area contributed by atoms with E-state index in [1.807, 2.05) is 13.1 Å². The number of thiophene rings is 1. The first kappa shape index (κ1) is 17.4. The number of rotatable bonds is 3. The number of hydrogen-bond acceptors (Lipinski definition) is 5. The molecule has 2 aliphatic carbocycles. The van der Waals surface area contributed by atoms with Crippen LogP contribution >= 0.6 is 11.3 Å². The number of fused-ring (bicyclic) bond motifs is 2. The fourth-order valence-electron chi connectivity index (χ4n) is 4.03. The molecule has 2 aliphatic rings. The van der Waals surface area contributed by atoms with E-state index in [2.05, 4.69) is 16.5 Å².